The highest BCUT2D eigenvalue weighted by Crippen LogP contribution is 2.05. The fourth-order valence-electron chi connectivity index (χ4n) is 1.57. The van der Waals surface area contributed by atoms with Crippen LogP contribution < -0.4 is 0 Å². The lowest BCUT2D eigenvalue weighted by Gasteiger charge is -2.19. The number of halogens is 2. The Morgan fingerprint density at radius 1 is 1.29 bits per heavy atom. The van der Waals surface area contributed by atoms with Gasteiger partial charge in [-0.3, -0.25) is 9.69 Å². The Balaban J connectivity index is 0. The normalized spacial score (nSPS) is 9.48. The topological polar surface area (TPSA) is 79.7 Å². The molecule has 0 aliphatic rings. The Kier molecular flexibility index (Phi) is 11.8. The van der Waals surface area contributed by atoms with Crippen molar-refractivity contribution in [1.29, 1.82) is 0 Å². The number of rotatable bonds is 7. The van der Waals surface area contributed by atoms with Crippen LogP contribution in [-0.4, -0.2) is 46.6 Å². The number of hydrogen-bond donors (Lipinski definition) is 1. The first-order valence-electron chi connectivity index (χ1n) is 6.13. The highest BCUT2D eigenvalue weighted by atomic mass is 35.5. The molecule has 0 atom stereocenters. The van der Waals surface area contributed by atoms with Gasteiger partial charge in [-0.2, -0.15) is 0 Å². The van der Waals surface area contributed by atoms with Gasteiger partial charge in [0, 0.05) is 12.7 Å². The Labute approximate surface area is 136 Å². The van der Waals surface area contributed by atoms with Crippen molar-refractivity contribution in [3.63, 3.8) is 0 Å². The van der Waals surface area contributed by atoms with Gasteiger partial charge in [-0.1, -0.05) is 13.0 Å². The van der Waals surface area contributed by atoms with Gasteiger partial charge < -0.3 is 9.84 Å². The second-order valence-electron chi connectivity index (χ2n) is 3.97. The van der Waals surface area contributed by atoms with E-state index < -0.39 is 5.97 Å². The molecule has 0 fully saturated rings. The van der Waals surface area contributed by atoms with Crippen molar-refractivity contribution in [2.24, 2.45) is 0 Å². The number of ether oxygens (including phenoxy) is 1. The third-order valence-electron chi connectivity index (χ3n) is 2.56. The van der Waals surface area contributed by atoms with Crippen molar-refractivity contribution in [3.8, 4) is 0 Å². The predicted octanol–water partition coefficient (Wildman–Crippen LogP) is 2.01. The van der Waals surface area contributed by atoms with Gasteiger partial charge in [0.2, 0.25) is 0 Å². The number of esters is 1. The highest BCUT2D eigenvalue weighted by Gasteiger charge is 2.11. The lowest BCUT2D eigenvalue weighted by atomic mass is 10.2. The van der Waals surface area contributed by atoms with Gasteiger partial charge in [-0.25, -0.2) is 9.78 Å². The van der Waals surface area contributed by atoms with Crippen LogP contribution in [0.4, 0.5) is 0 Å². The second kappa shape index (κ2) is 11.3. The second-order valence-corrected chi connectivity index (χ2v) is 3.97. The van der Waals surface area contributed by atoms with Gasteiger partial charge >= 0.3 is 11.9 Å². The number of carbonyl (C=O) groups excluding carboxylic acids is 1. The number of likely N-dealkylation sites (N-methyl/N-ethyl adjacent to an activating group) is 1. The van der Waals surface area contributed by atoms with Crippen LogP contribution in [-0.2, 0) is 16.1 Å². The molecule has 120 valence electrons. The molecule has 8 heteroatoms. The molecule has 0 saturated carbocycles. The molecule has 1 N–H and O–H groups in total. The Morgan fingerprint density at radius 2 is 1.95 bits per heavy atom. The summed E-state index contributed by atoms with van der Waals surface area (Å²) in [5.74, 6) is -1.31. The molecule has 0 unspecified atom stereocenters. The zero-order valence-corrected chi connectivity index (χ0v) is 13.6. The molecular formula is C13H20Cl2N2O4. The first kappa shape index (κ1) is 21.9. The molecule has 0 aromatic carbocycles. The van der Waals surface area contributed by atoms with E-state index in [4.69, 9.17) is 9.84 Å². The number of hydrogen-bond acceptors (Lipinski definition) is 5. The van der Waals surface area contributed by atoms with Gasteiger partial charge in [0.25, 0.3) is 0 Å². The SMILES string of the molecule is CCOC(=O)CN(CC)Cc1ccc(C(=O)O)nc1.Cl.Cl. The molecule has 1 aromatic rings. The average Bonchev–Trinajstić information content (AvgIpc) is 2.38. The van der Waals surface area contributed by atoms with E-state index in [1.165, 1.54) is 12.3 Å². The van der Waals surface area contributed by atoms with Gasteiger partial charge in [0.15, 0.2) is 0 Å². The smallest absolute Gasteiger partial charge is 0.354 e. The third-order valence-corrected chi connectivity index (χ3v) is 2.56. The van der Waals surface area contributed by atoms with Gasteiger partial charge in [-0.15, -0.1) is 24.8 Å². The monoisotopic (exact) mass is 338 g/mol. The maximum Gasteiger partial charge on any atom is 0.354 e. The number of nitrogens with zero attached hydrogens (tertiary/aromatic N) is 2. The Bertz CT molecular complexity index is 440. The van der Waals surface area contributed by atoms with Crippen LogP contribution in [0.2, 0.25) is 0 Å². The number of carboxylic acids is 1. The molecule has 0 aliphatic carbocycles. The standard InChI is InChI=1S/C13H18N2O4.2ClH/c1-3-15(9-12(16)19-4-2)8-10-5-6-11(13(17)18)14-7-10;;/h5-7H,3-4,8-9H2,1-2H3,(H,17,18);2*1H. The van der Waals surface area contributed by atoms with E-state index >= 15 is 0 Å². The van der Waals surface area contributed by atoms with Crippen LogP contribution >= 0.6 is 24.8 Å². The van der Waals surface area contributed by atoms with Crippen LogP contribution in [0, 0.1) is 0 Å². The Hall–Kier alpha value is -1.37. The van der Waals surface area contributed by atoms with Gasteiger partial charge in [0.1, 0.15) is 5.69 Å². The summed E-state index contributed by atoms with van der Waals surface area (Å²) in [5, 5.41) is 8.75. The maximum atomic E-state index is 11.4. The fourth-order valence-corrected chi connectivity index (χ4v) is 1.57. The van der Waals surface area contributed by atoms with Gasteiger partial charge in [-0.05, 0) is 25.1 Å². The molecule has 0 saturated heterocycles. The Morgan fingerprint density at radius 3 is 2.38 bits per heavy atom. The highest BCUT2D eigenvalue weighted by molar-refractivity contribution is 5.86. The van der Waals surface area contributed by atoms with Crippen LogP contribution in [0.25, 0.3) is 0 Å². The maximum absolute atomic E-state index is 11.4. The number of carboxylic acid groups (broad SMARTS) is 1. The minimum Gasteiger partial charge on any atom is -0.477 e. The van der Waals surface area contributed by atoms with E-state index in [-0.39, 0.29) is 43.0 Å². The van der Waals surface area contributed by atoms with Crippen molar-refractivity contribution >= 4 is 36.8 Å². The lowest BCUT2D eigenvalue weighted by molar-refractivity contribution is -0.144. The molecule has 0 spiro atoms. The molecule has 6 nitrogen and oxygen atoms in total. The molecule has 21 heavy (non-hydrogen) atoms. The van der Waals surface area contributed by atoms with E-state index in [0.717, 1.165) is 5.56 Å². The average molecular weight is 339 g/mol. The predicted molar refractivity (Wildman–Crippen MR) is 83.3 cm³/mol. The summed E-state index contributed by atoms with van der Waals surface area (Å²) in [7, 11) is 0. The number of aromatic carboxylic acids is 1. The lowest BCUT2D eigenvalue weighted by Crippen LogP contribution is -2.30. The van der Waals surface area contributed by atoms with Crippen LogP contribution in [0.1, 0.15) is 29.9 Å². The molecule has 1 rings (SSSR count). The molecule has 0 radical (unpaired) electrons. The summed E-state index contributed by atoms with van der Waals surface area (Å²) in [6, 6.07) is 3.15. The minimum absolute atomic E-state index is 0. The first-order valence-corrected chi connectivity index (χ1v) is 6.13. The van der Waals surface area contributed by atoms with Crippen molar-refractivity contribution < 1.29 is 19.4 Å². The molecule has 0 bridgehead atoms. The van der Waals surface area contributed by atoms with Crippen molar-refractivity contribution in [3.05, 3.63) is 29.6 Å². The van der Waals surface area contributed by atoms with E-state index in [0.29, 0.717) is 19.7 Å². The minimum atomic E-state index is -1.05. The van der Waals surface area contributed by atoms with E-state index in [1.54, 1.807) is 13.0 Å². The number of aromatic nitrogens is 1. The summed E-state index contributed by atoms with van der Waals surface area (Å²) in [6.45, 7) is 5.51. The van der Waals surface area contributed by atoms with Crippen LogP contribution in [0.15, 0.2) is 18.3 Å². The largest absolute Gasteiger partial charge is 0.477 e. The number of pyridine rings is 1. The first-order chi connectivity index (χ1) is 9.06. The molecule has 1 heterocycles. The summed E-state index contributed by atoms with van der Waals surface area (Å²) < 4.78 is 4.89. The molecule has 1 aromatic heterocycles. The summed E-state index contributed by atoms with van der Waals surface area (Å²) in [5.41, 5.74) is 0.869. The number of carbonyl (C=O) groups is 2. The zero-order chi connectivity index (χ0) is 14.3. The zero-order valence-electron chi connectivity index (χ0n) is 11.9. The van der Waals surface area contributed by atoms with Crippen LogP contribution in [0.3, 0.4) is 0 Å². The molecular weight excluding hydrogens is 319 g/mol. The molecule has 0 amide bonds. The van der Waals surface area contributed by atoms with Gasteiger partial charge in [0.05, 0.1) is 13.2 Å². The van der Waals surface area contributed by atoms with E-state index in [9.17, 15) is 9.59 Å². The van der Waals surface area contributed by atoms with E-state index in [2.05, 4.69) is 4.98 Å². The summed E-state index contributed by atoms with van der Waals surface area (Å²) >= 11 is 0. The summed E-state index contributed by atoms with van der Waals surface area (Å²) in [6.07, 6.45) is 1.51. The fraction of sp³-hybridized carbons (Fsp3) is 0.462. The third kappa shape index (κ3) is 7.84. The molecule has 0 aliphatic heterocycles. The summed E-state index contributed by atoms with van der Waals surface area (Å²) in [4.78, 5) is 27.8. The quantitative estimate of drug-likeness (QED) is 0.766. The van der Waals surface area contributed by atoms with Crippen molar-refractivity contribution in [2.45, 2.75) is 20.4 Å². The van der Waals surface area contributed by atoms with Crippen molar-refractivity contribution in [2.75, 3.05) is 19.7 Å². The van der Waals surface area contributed by atoms with Crippen molar-refractivity contribution in [1.82, 2.24) is 9.88 Å². The van der Waals surface area contributed by atoms with Crippen LogP contribution in [0.5, 0.6) is 0 Å². The van der Waals surface area contributed by atoms with E-state index in [1.807, 2.05) is 11.8 Å².